The van der Waals surface area contributed by atoms with E-state index < -0.39 is 0 Å². The summed E-state index contributed by atoms with van der Waals surface area (Å²) in [6.45, 7) is 4.86. The second kappa shape index (κ2) is 7.09. The van der Waals surface area contributed by atoms with E-state index in [9.17, 15) is 9.90 Å². The molecule has 0 aliphatic rings. The van der Waals surface area contributed by atoms with Crippen molar-refractivity contribution < 1.29 is 9.90 Å². The maximum absolute atomic E-state index is 12.0. The van der Waals surface area contributed by atoms with Crippen LogP contribution in [0.5, 0.6) is 5.75 Å². The minimum Gasteiger partial charge on any atom is -0.508 e. The molecule has 1 aromatic carbocycles. The summed E-state index contributed by atoms with van der Waals surface area (Å²) in [6.07, 6.45) is 0. The zero-order valence-electron chi connectivity index (χ0n) is 11.1. The lowest BCUT2D eigenvalue weighted by molar-refractivity contribution is -0.122. The Morgan fingerprint density at radius 2 is 1.89 bits per heavy atom. The Morgan fingerprint density at radius 1 is 1.33 bits per heavy atom. The van der Waals surface area contributed by atoms with Gasteiger partial charge in [-0.3, -0.25) is 9.69 Å². The molecule has 0 bridgehead atoms. The third-order valence-corrected chi connectivity index (χ3v) is 3.69. The van der Waals surface area contributed by atoms with Gasteiger partial charge in [-0.2, -0.15) is 0 Å². The number of nitrogens with zero attached hydrogens (tertiary/aromatic N) is 1. The molecule has 1 aromatic rings. The van der Waals surface area contributed by atoms with Crippen LogP contribution < -0.4 is 0 Å². The number of carbonyl (C=O) groups is 1. The average molecular weight is 361 g/mol. The molecule has 0 fully saturated rings. The smallest absolute Gasteiger partial charge is 0.159 e. The molecule has 0 saturated carbocycles. The van der Waals surface area contributed by atoms with Gasteiger partial charge in [-0.15, -0.1) is 0 Å². The van der Waals surface area contributed by atoms with Gasteiger partial charge >= 0.3 is 0 Å². The fourth-order valence-electron chi connectivity index (χ4n) is 2.19. The van der Waals surface area contributed by atoms with E-state index in [0.717, 1.165) is 5.56 Å². The second-order valence-corrected chi connectivity index (χ2v) is 5.63. The van der Waals surface area contributed by atoms with Crippen LogP contribution in [-0.4, -0.2) is 33.3 Å². The fraction of sp³-hybridized carbons (Fsp3) is 0.500. The van der Waals surface area contributed by atoms with Gasteiger partial charge in [-0.25, -0.2) is 0 Å². The van der Waals surface area contributed by atoms with Crippen molar-refractivity contribution in [3.8, 4) is 5.75 Å². The Bertz CT molecular complexity index is 389. The summed E-state index contributed by atoms with van der Waals surface area (Å²) in [7, 11) is 1.97. The van der Waals surface area contributed by atoms with E-state index in [-0.39, 0.29) is 17.6 Å². The van der Waals surface area contributed by atoms with Crippen LogP contribution in [0.15, 0.2) is 24.3 Å². The molecular weight excluding hydrogens is 341 g/mol. The molecule has 0 aromatic heterocycles. The number of ketones is 1. The third-order valence-electron chi connectivity index (χ3n) is 2.94. The number of phenolic OH excluding ortho intramolecular Hbond substituents is 1. The molecule has 1 N–H and O–H groups in total. The predicted molar refractivity (Wildman–Crippen MR) is 82.1 cm³/mol. The number of aromatic hydroxyl groups is 1. The summed E-state index contributed by atoms with van der Waals surface area (Å²) in [6, 6.07) is 7.08. The molecule has 1 atom stereocenters. The highest BCUT2D eigenvalue weighted by molar-refractivity contribution is 14.1. The van der Waals surface area contributed by atoms with Crippen molar-refractivity contribution in [1.82, 2.24) is 4.90 Å². The van der Waals surface area contributed by atoms with Crippen molar-refractivity contribution in [3.63, 3.8) is 0 Å². The van der Waals surface area contributed by atoms with Crippen LogP contribution in [-0.2, 0) is 11.3 Å². The van der Waals surface area contributed by atoms with Gasteiger partial charge in [0.1, 0.15) is 5.75 Å². The van der Waals surface area contributed by atoms with Crippen molar-refractivity contribution in [1.29, 1.82) is 0 Å². The van der Waals surface area contributed by atoms with E-state index >= 15 is 0 Å². The van der Waals surface area contributed by atoms with Crippen LogP contribution >= 0.6 is 22.6 Å². The number of Topliss-reactive ketones (excluding diaryl/α,β-unsaturated/α-hetero) is 1. The quantitative estimate of drug-likeness (QED) is 0.626. The number of rotatable bonds is 6. The average Bonchev–Trinajstić information content (AvgIpc) is 2.31. The molecule has 0 amide bonds. The minimum absolute atomic E-state index is 0.0456. The number of halogens is 1. The van der Waals surface area contributed by atoms with Crippen molar-refractivity contribution in [2.24, 2.45) is 5.92 Å². The number of likely N-dealkylation sites (N-methyl/N-ethyl adjacent to an activating group) is 1. The predicted octanol–water partition coefficient (Wildman–Crippen LogP) is 2.85. The highest BCUT2D eigenvalue weighted by Gasteiger charge is 2.25. The summed E-state index contributed by atoms with van der Waals surface area (Å²) < 4.78 is 0.542. The first-order chi connectivity index (χ1) is 8.45. The Labute approximate surface area is 122 Å². The Hall–Kier alpha value is -0.620. The zero-order chi connectivity index (χ0) is 13.7. The largest absolute Gasteiger partial charge is 0.508 e. The highest BCUT2D eigenvalue weighted by Crippen LogP contribution is 2.16. The van der Waals surface area contributed by atoms with Gasteiger partial charge in [0, 0.05) is 6.54 Å². The number of hydrogen-bond donors (Lipinski definition) is 1. The minimum atomic E-state index is -0.0456. The molecule has 4 heteroatoms. The van der Waals surface area contributed by atoms with Crippen LogP contribution in [0.1, 0.15) is 19.4 Å². The summed E-state index contributed by atoms with van der Waals surface area (Å²) in [5.74, 6) is 0.839. The lowest BCUT2D eigenvalue weighted by atomic mass is 9.99. The molecule has 1 rings (SSSR count). The van der Waals surface area contributed by atoms with E-state index in [0.29, 0.717) is 16.9 Å². The van der Waals surface area contributed by atoms with E-state index in [4.69, 9.17) is 0 Å². The molecule has 3 nitrogen and oxygen atoms in total. The van der Waals surface area contributed by atoms with Gasteiger partial charge in [0.15, 0.2) is 5.78 Å². The van der Waals surface area contributed by atoms with E-state index in [2.05, 4.69) is 41.3 Å². The molecule has 0 unspecified atom stereocenters. The number of alkyl halides is 1. The third kappa shape index (κ3) is 4.24. The van der Waals surface area contributed by atoms with Gasteiger partial charge in [0.2, 0.25) is 0 Å². The van der Waals surface area contributed by atoms with E-state index in [1.165, 1.54) is 0 Å². The molecule has 0 saturated heterocycles. The Balaban J connectivity index is 2.75. The van der Waals surface area contributed by atoms with E-state index in [1.54, 1.807) is 12.1 Å². The molecular formula is C14H20INO2. The maximum Gasteiger partial charge on any atom is 0.159 e. The number of phenols is 1. The number of benzene rings is 1. The Kier molecular flexibility index (Phi) is 6.08. The van der Waals surface area contributed by atoms with Crippen LogP contribution in [0.4, 0.5) is 0 Å². The highest BCUT2D eigenvalue weighted by atomic mass is 127. The summed E-state index contributed by atoms with van der Waals surface area (Å²) >= 11 is 2.12. The van der Waals surface area contributed by atoms with Gasteiger partial charge in [-0.05, 0) is 30.7 Å². The summed E-state index contributed by atoms with van der Waals surface area (Å²) in [5, 5.41) is 9.25. The van der Waals surface area contributed by atoms with Crippen molar-refractivity contribution in [2.75, 3.05) is 11.5 Å². The number of hydrogen-bond acceptors (Lipinski definition) is 3. The molecule has 0 spiro atoms. The molecule has 0 radical (unpaired) electrons. The molecule has 0 aliphatic carbocycles. The van der Waals surface area contributed by atoms with Crippen LogP contribution in [0.3, 0.4) is 0 Å². The normalized spacial score (nSPS) is 13.0. The van der Waals surface area contributed by atoms with Gasteiger partial charge in [0.25, 0.3) is 0 Å². The Morgan fingerprint density at radius 3 is 2.33 bits per heavy atom. The van der Waals surface area contributed by atoms with Crippen molar-refractivity contribution >= 4 is 28.4 Å². The standard InChI is InChI=1S/C14H20INO2/c1-10(2)14(13(18)8-15)16(3)9-11-4-6-12(17)7-5-11/h4-7,10,14,17H,8-9H2,1-3H3/t14-/m0/s1. The molecule has 18 heavy (non-hydrogen) atoms. The topological polar surface area (TPSA) is 40.5 Å². The maximum atomic E-state index is 12.0. The van der Waals surface area contributed by atoms with Crippen molar-refractivity contribution in [2.45, 2.75) is 26.4 Å². The van der Waals surface area contributed by atoms with Crippen molar-refractivity contribution in [3.05, 3.63) is 29.8 Å². The lowest BCUT2D eigenvalue weighted by Gasteiger charge is -2.29. The monoisotopic (exact) mass is 361 g/mol. The molecule has 100 valence electrons. The molecule has 0 heterocycles. The zero-order valence-corrected chi connectivity index (χ0v) is 13.2. The van der Waals surface area contributed by atoms with Crippen LogP contribution in [0.25, 0.3) is 0 Å². The SMILES string of the molecule is CC(C)[C@@H](C(=O)CI)N(C)Cc1ccc(O)cc1. The first kappa shape index (κ1) is 15.4. The summed E-state index contributed by atoms with van der Waals surface area (Å²) in [4.78, 5) is 14.0. The van der Waals surface area contributed by atoms with E-state index in [1.807, 2.05) is 19.2 Å². The molecule has 0 aliphatic heterocycles. The van der Waals surface area contributed by atoms with Gasteiger partial charge in [0.05, 0.1) is 10.5 Å². The van der Waals surface area contributed by atoms with Crippen LogP contribution in [0, 0.1) is 5.92 Å². The first-order valence-corrected chi connectivity index (χ1v) is 7.55. The van der Waals surface area contributed by atoms with Gasteiger partial charge < -0.3 is 5.11 Å². The first-order valence-electron chi connectivity index (χ1n) is 6.02. The second-order valence-electron chi connectivity index (χ2n) is 4.87. The van der Waals surface area contributed by atoms with Gasteiger partial charge in [-0.1, -0.05) is 48.6 Å². The fourth-order valence-corrected chi connectivity index (χ4v) is 2.64. The summed E-state index contributed by atoms with van der Waals surface area (Å²) in [5.41, 5.74) is 1.10. The van der Waals surface area contributed by atoms with Crippen LogP contribution in [0.2, 0.25) is 0 Å². The lowest BCUT2D eigenvalue weighted by Crippen LogP contribution is -2.42. The number of carbonyl (C=O) groups excluding carboxylic acids is 1.